The highest BCUT2D eigenvalue weighted by Gasteiger charge is 2.22. The lowest BCUT2D eigenvalue weighted by Gasteiger charge is -2.29. The minimum absolute atomic E-state index is 0.0721. The molecule has 2 rings (SSSR count). The molecule has 1 saturated carbocycles. The van der Waals surface area contributed by atoms with Gasteiger partial charge in [0.15, 0.2) is 0 Å². The zero-order valence-corrected chi connectivity index (χ0v) is 11.2. The average molecular weight is 284 g/mol. The molecule has 0 unspecified atom stereocenters. The molecule has 0 aromatic heterocycles. The van der Waals surface area contributed by atoms with Gasteiger partial charge in [0.2, 0.25) is 0 Å². The smallest absolute Gasteiger partial charge is 0.282 e. The first-order valence-corrected chi connectivity index (χ1v) is 7.66. The Hall–Kier alpha value is -1.47. The van der Waals surface area contributed by atoms with E-state index in [1.807, 2.05) is 0 Å². The number of nitroso groups, excluding NO2 is 1. The number of nitrogens with zero attached hydrogens (tertiary/aromatic N) is 2. The molecule has 1 aliphatic carbocycles. The van der Waals surface area contributed by atoms with Crippen LogP contribution in [-0.2, 0) is 10.1 Å². The third-order valence-electron chi connectivity index (χ3n) is 3.41. The van der Waals surface area contributed by atoms with Gasteiger partial charge in [-0.15, -0.1) is 4.91 Å². The molecule has 0 amide bonds. The molecule has 0 aliphatic heterocycles. The largest absolute Gasteiger partial charge is 0.294 e. The third-order valence-corrected chi connectivity index (χ3v) is 4.28. The van der Waals surface area contributed by atoms with Gasteiger partial charge in [-0.05, 0) is 37.1 Å². The zero-order valence-electron chi connectivity index (χ0n) is 10.4. The topological polar surface area (TPSA) is 87.0 Å². The molecule has 6 nitrogen and oxygen atoms in total. The predicted octanol–water partition coefficient (Wildman–Crippen LogP) is 2.75. The van der Waals surface area contributed by atoms with Gasteiger partial charge in [0.25, 0.3) is 10.1 Å². The Bertz CT molecular complexity index is 535. The van der Waals surface area contributed by atoms with Crippen LogP contribution >= 0.6 is 0 Å². The number of hydrogen-bond acceptors (Lipinski definition) is 4. The second-order valence-corrected chi connectivity index (χ2v) is 6.11. The van der Waals surface area contributed by atoms with Gasteiger partial charge >= 0.3 is 0 Å². The fraction of sp³-hybridized carbons (Fsp3) is 0.500. The molecule has 104 valence electrons. The standard InChI is InChI=1S/C12H16N2O4S/c15-13-14(10-4-2-1-3-5-10)11-6-8-12(9-7-11)19(16,17)18/h6-10H,1-5H2,(H,16,17,18). The first-order chi connectivity index (χ1) is 9.02. The van der Waals surface area contributed by atoms with Crippen LogP contribution in [0.15, 0.2) is 34.4 Å². The van der Waals surface area contributed by atoms with E-state index < -0.39 is 10.1 Å². The van der Waals surface area contributed by atoms with Crippen LogP contribution in [0.25, 0.3) is 0 Å². The molecule has 1 aromatic rings. The Labute approximate surface area is 112 Å². The predicted molar refractivity (Wildman–Crippen MR) is 71.4 cm³/mol. The van der Waals surface area contributed by atoms with E-state index in [-0.39, 0.29) is 10.9 Å². The van der Waals surface area contributed by atoms with E-state index in [1.54, 1.807) is 0 Å². The van der Waals surface area contributed by atoms with Crippen LogP contribution in [0.4, 0.5) is 5.69 Å². The quantitative estimate of drug-likeness (QED) is 0.522. The zero-order chi connectivity index (χ0) is 13.9. The molecule has 0 saturated heterocycles. The van der Waals surface area contributed by atoms with Gasteiger partial charge in [-0.2, -0.15) is 8.42 Å². The normalized spacial score (nSPS) is 17.1. The Morgan fingerprint density at radius 1 is 1.11 bits per heavy atom. The molecule has 0 radical (unpaired) electrons. The van der Waals surface area contributed by atoms with Crippen molar-refractivity contribution >= 4 is 15.8 Å². The maximum Gasteiger partial charge on any atom is 0.294 e. The van der Waals surface area contributed by atoms with E-state index >= 15 is 0 Å². The first kappa shape index (κ1) is 14.0. The highest BCUT2D eigenvalue weighted by atomic mass is 32.2. The summed E-state index contributed by atoms with van der Waals surface area (Å²) in [6, 6.07) is 5.58. The Kier molecular flexibility index (Phi) is 4.16. The summed E-state index contributed by atoms with van der Waals surface area (Å²) in [6.07, 6.45) is 5.13. The molecule has 1 N–H and O–H groups in total. The lowest BCUT2D eigenvalue weighted by Crippen LogP contribution is -2.32. The van der Waals surface area contributed by atoms with E-state index in [9.17, 15) is 13.3 Å². The van der Waals surface area contributed by atoms with E-state index in [4.69, 9.17) is 4.55 Å². The Morgan fingerprint density at radius 2 is 1.68 bits per heavy atom. The fourth-order valence-corrected chi connectivity index (χ4v) is 2.90. The van der Waals surface area contributed by atoms with Crippen LogP contribution in [-0.4, -0.2) is 19.0 Å². The second-order valence-electron chi connectivity index (χ2n) is 4.69. The number of anilines is 1. The number of rotatable bonds is 4. The van der Waals surface area contributed by atoms with Crippen molar-refractivity contribution < 1.29 is 13.0 Å². The minimum Gasteiger partial charge on any atom is -0.282 e. The monoisotopic (exact) mass is 284 g/mol. The van der Waals surface area contributed by atoms with Gasteiger partial charge in [0.05, 0.1) is 21.9 Å². The Balaban J connectivity index is 2.21. The maximum absolute atomic E-state index is 11.0. The fourth-order valence-electron chi connectivity index (χ4n) is 2.42. The van der Waals surface area contributed by atoms with Crippen LogP contribution < -0.4 is 5.01 Å². The van der Waals surface area contributed by atoms with Crippen LogP contribution in [0.1, 0.15) is 32.1 Å². The SMILES string of the molecule is O=NN(c1ccc(S(=O)(=O)O)cc1)C1CCCCC1. The van der Waals surface area contributed by atoms with Crippen LogP contribution in [0, 0.1) is 4.91 Å². The number of hydrogen-bond donors (Lipinski definition) is 1. The van der Waals surface area contributed by atoms with E-state index in [0.717, 1.165) is 25.7 Å². The van der Waals surface area contributed by atoms with Crippen molar-refractivity contribution in [1.82, 2.24) is 0 Å². The van der Waals surface area contributed by atoms with Gasteiger partial charge in [-0.3, -0.25) is 4.55 Å². The van der Waals surface area contributed by atoms with Crippen LogP contribution in [0.2, 0.25) is 0 Å². The summed E-state index contributed by atoms with van der Waals surface area (Å²) in [6.45, 7) is 0. The van der Waals surface area contributed by atoms with E-state index in [0.29, 0.717) is 5.69 Å². The lowest BCUT2D eigenvalue weighted by molar-refractivity contribution is 0.417. The summed E-state index contributed by atoms with van der Waals surface area (Å²) in [5.74, 6) is 0. The second kappa shape index (κ2) is 5.66. The van der Waals surface area contributed by atoms with Crippen LogP contribution in [0.5, 0.6) is 0 Å². The molecule has 19 heavy (non-hydrogen) atoms. The molecule has 1 aromatic carbocycles. The Morgan fingerprint density at radius 3 is 2.16 bits per heavy atom. The van der Waals surface area contributed by atoms with Crippen molar-refractivity contribution in [3.05, 3.63) is 29.2 Å². The third kappa shape index (κ3) is 3.30. The van der Waals surface area contributed by atoms with Gasteiger partial charge in [-0.25, -0.2) is 5.01 Å². The summed E-state index contributed by atoms with van der Waals surface area (Å²) in [4.78, 5) is 10.8. The number of benzene rings is 1. The van der Waals surface area contributed by atoms with Crippen molar-refractivity contribution in [3.8, 4) is 0 Å². The summed E-state index contributed by atoms with van der Waals surface area (Å²) in [5.41, 5.74) is 0.550. The summed E-state index contributed by atoms with van der Waals surface area (Å²) >= 11 is 0. The van der Waals surface area contributed by atoms with Crippen molar-refractivity contribution in [1.29, 1.82) is 0 Å². The summed E-state index contributed by atoms with van der Waals surface area (Å²) in [7, 11) is -4.20. The van der Waals surface area contributed by atoms with Crippen molar-refractivity contribution in [2.24, 2.45) is 5.29 Å². The molecular weight excluding hydrogens is 268 g/mol. The van der Waals surface area contributed by atoms with Crippen molar-refractivity contribution in [2.75, 3.05) is 5.01 Å². The molecule has 0 bridgehead atoms. The molecule has 7 heteroatoms. The molecular formula is C12H16N2O4S. The highest BCUT2D eigenvalue weighted by Crippen LogP contribution is 2.28. The molecule has 0 atom stereocenters. The first-order valence-electron chi connectivity index (χ1n) is 6.22. The summed E-state index contributed by atoms with van der Waals surface area (Å²) in [5, 5.41) is 4.44. The van der Waals surface area contributed by atoms with Crippen molar-refractivity contribution in [3.63, 3.8) is 0 Å². The summed E-state index contributed by atoms with van der Waals surface area (Å²) < 4.78 is 30.8. The van der Waals surface area contributed by atoms with Gasteiger partial charge in [0.1, 0.15) is 0 Å². The van der Waals surface area contributed by atoms with Crippen molar-refractivity contribution in [2.45, 2.75) is 43.0 Å². The van der Waals surface area contributed by atoms with E-state index in [1.165, 1.54) is 35.7 Å². The average Bonchev–Trinajstić information content (AvgIpc) is 2.40. The van der Waals surface area contributed by atoms with Gasteiger partial charge in [0, 0.05) is 0 Å². The lowest BCUT2D eigenvalue weighted by atomic mass is 9.95. The molecule has 0 spiro atoms. The van der Waals surface area contributed by atoms with E-state index in [2.05, 4.69) is 5.29 Å². The van der Waals surface area contributed by atoms with Gasteiger partial charge in [-0.1, -0.05) is 19.3 Å². The minimum atomic E-state index is -4.20. The van der Waals surface area contributed by atoms with Crippen LogP contribution in [0.3, 0.4) is 0 Å². The molecule has 1 aliphatic rings. The maximum atomic E-state index is 11.0. The molecule has 1 fully saturated rings. The highest BCUT2D eigenvalue weighted by molar-refractivity contribution is 7.85. The van der Waals surface area contributed by atoms with Gasteiger partial charge < -0.3 is 0 Å². The molecule has 0 heterocycles.